The van der Waals surface area contributed by atoms with E-state index < -0.39 is 0 Å². The molecule has 0 aliphatic rings. The third-order valence-electron chi connectivity index (χ3n) is 4.29. The number of hydrogen-bond acceptors (Lipinski definition) is 5. The number of anilines is 1. The number of hydrogen-bond donors (Lipinski definition) is 1. The average molecular weight is 374 g/mol. The van der Waals surface area contributed by atoms with Crippen molar-refractivity contribution in [3.8, 4) is 17.2 Å². The molecule has 0 saturated heterocycles. The number of ether oxygens (including phenoxy) is 2. The largest absolute Gasteiger partial charge is 0.497 e. The van der Waals surface area contributed by atoms with Gasteiger partial charge in [0.2, 0.25) is 0 Å². The Morgan fingerprint density at radius 2 is 1.43 bits per heavy atom. The highest BCUT2D eigenvalue weighted by molar-refractivity contribution is 6.05. The van der Waals surface area contributed by atoms with Crippen LogP contribution in [0.15, 0.2) is 66.7 Å². The van der Waals surface area contributed by atoms with Crippen LogP contribution >= 0.6 is 0 Å². The summed E-state index contributed by atoms with van der Waals surface area (Å²) in [4.78, 5) is 14.0. The molecule has 3 aromatic carbocycles. The van der Waals surface area contributed by atoms with Crippen LogP contribution in [0.25, 0.3) is 16.7 Å². The summed E-state index contributed by atoms with van der Waals surface area (Å²) in [6, 6.07) is 19.8. The van der Waals surface area contributed by atoms with E-state index in [0.29, 0.717) is 22.5 Å². The quantitative estimate of drug-likeness (QED) is 0.576. The van der Waals surface area contributed by atoms with Gasteiger partial charge in [0.15, 0.2) is 0 Å². The second-order valence-electron chi connectivity index (χ2n) is 6.07. The average Bonchev–Trinajstić information content (AvgIpc) is 3.17. The Bertz CT molecular complexity index is 1120. The predicted molar refractivity (Wildman–Crippen MR) is 106 cm³/mol. The van der Waals surface area contributed by atoms with Gasteiger partial charge in [-0.15, -0.1) is 10.2 Å². The lowest BCUT2D eigenvalue weighted by atomic mass is 10.2. The zero-order chi connectivity index (χ0) is 19.5. The molecule has 0 aliphatic heterocycles. The third-order valence-corrected chi connectivity index (χ3v) is 4.29. The van der Waals surface area contributed by atoms with E-state index in [1.54, 1.807) is 55.4 Å². The summed E-state index contributed by atoms with van der Waals surface area (Å²) < 4.78 is 10.3. The molecule has 140 valence electrons. The first-order chi connectivity index (χ1) is 13.7. The molecule has 7 nitrogen and oxygen atoms in total. The molecule has 0 saturated carbocycles. The number of benzene rings is 3. The smallest absolute Gasteiger partial charge is 0.255 e. The summed E-state index contributed by atoms with van der Waals surface area (Å²) in [5, 5.41) is 11.9. The van der Waals surface area contributed by atoms with Gasteiger partial charge in [0.25, 0.3) is 5.91 Å². The SMILES string of the molecule is COc1ccc(C(=O)Nc2ccc3nn(-c4ccc(OC)cc4)nc3c2)cc1. The molecular formula is C21H18N4O3. The summed E-state index contributed by atoms with van der Waals surface area (Å²) >= 11 is 0. The lowest BCUT2D eigenvalue weighted by molar-refractivity contribution is 0.102. The van der Waals surface area contributed by atoms with Crippen LogP contribution in [0.5, 0.6) is 11.5 Å². The second kappa shape index (κ2) is 7.40. The summed E-state index contributed by atoms with van der Waals surface area (Å²) in [5.74, 6) is 1.27. The van der Waals surface area contributed by atoms with Crippen molar-refractivity contribution in [2.24, 2.45) is 0 Å². The minimum Gasteiger partial charge on any atom is -0.497 e. The van der Waals surface area contributed by atoms with Crippen LogP contribution in [0.3, 0.4) is 0 Å². The van der Waals surface area contributed by atoms with Crippen molar-refractivity contribution in [1.29, 1.82) is 0 Å². The molecule has 1 N–H and O–H groups in total. The van der Waals surface area contributed by atoms with Crippen molar-refractivity contribution in [3.63, 3.8) is 0 Å². The molecular weight excluding hydrogens is 356 g/mol. The van der Waals surface area contributed by atoms with Crippen molar-refractivity contribution >= 4 is 22.6 Å². The van der Waals surface area contributed by atoms with E-state index in [1.807, 2.05) is 30.3 Å². The van der Waals surface area contributed by atoms with Crippen LogP contribution in [-0.2, 0) is 0 Å². The molecule has 1 heterocycles. The Morgan fingerprint density at radius 3 is 2.07 bits per heavy atom. The Balaban J connectivity index is 1.56. The summed E-state index contributed by atoms with van der Waals surface area (Å²) in [6.45, 7) is 0. The van der Waals surface area contributed by atoms with Gasteiger partial charge in [-0.25, -0.2) is 0 Å². The van der Waals surface area contributed by atoms with Crippen LogP contribution in [0.2, 0.25) is 0 Å². The number of carbonyl (C=O) groups excluding carboxylic acids is 1. The number of nitrogens with one attached hydrogen (secondary N) is 1. The molecule has 0 aliphatic carbocycles. The van der Waals surface area contributed by atoms with E-state index in [4.69, 9.17) is 9.47 Å². The van der Waals surface area contributed by atoms with E-state index in [9.17, 15) is 4.79 Å². The van der Waals surface area contributed by atoms with Crippen molar-refractivity contribution in [2.75, 3.05) is 19.5 Å². The highest BCUT2D eigenvalue weighted by Gasteiger charge is 2.09. The molecule has 28 heavy (non-hydrogen) atoms. The summed E-state index contributed by atoms with van der Waals surface area (Å²) in [7, 11) is 3.21. The fraction of sp³-hybridized carbons (Fsp3) is 0.0952. The maximum atomic E-state index is 12.4. The monoisotopic (exact) mass is 374 g/mol. The zero-order valence-corrected chi connectivity index (χ0v) is 15.4. The number of methoxy groups -OCH3 is 2. The fourth-order valence-corrected chi connectivity index (χ4v) is 2.77. The van der Waals surface area contributed by atoms with Crippen molar-refractivity contribution < 1.29 is 14.3 Å². The van der Waals surface area contributed by atoms with Gasteiger partial charge in [-0.3, -0.25) is 4.79 Å². The first-order valence-corrected chi connectivity index (χ1v) is 8.63. The molecule has 7 heteroatoms. The second-order valence-corrected chi connectivity index (χ2v) is 6.07. The number of fused-ring (bicyclic) bond motifs is 1. The van der Waals surface area contributed by atoms with Crippen LogP contribution in [0.4, 0.5) is 5.69 Å². The standard InChI is InChI=1S/C21H18N4O3/c1-27-17-8-3-14(4-9-17)21(26)22-15-5-12-19-20(13-15)24-25(23-19)16-6-10-18(28-2)11-7-16/h3-13H,1-2H3,(H,22,26). The topological polar surface area (TPSA) is 78.3 Å². The van der Waals surface area contributed by atoms with Crippen molar-refractivity contribution in [3.05, 3.63) is 72.3 Å². The maximum Gasteiger partial charge on any atom is 0.255 e. The van der Waals surface area contributed by atoms with E-state index in [2.05, 4.69) is 15.5 Å². The minimum atomic E-state index is -0.204. The van der Waals surface area contributed by atoms with E-state index in [1.165, 1.54) is 0 Å². The molecule has 0 bridgehead atoms. The normalized spacial score (nSPS) is 10.6. The molecule has 4 rings (SSSR count). The first kappa shape index (κ1) is 17.5. The van der Waals surface area contributed by atoms with Crippen molar-refractivity contribution in [1.82, 2.24) is 15.0 Å². The minimum absolute atomic E-state index is 0.204. The Morgan fingerprint density at radius 1 is 0.821 bits per heavy atom. The predicted octanol–water partition coefficient (Wildman–Crippen LogP) is 3.69. The molecule has 0 fully saturated rings. The van der Waals surface area contributed by atoms with Crippen LogP contribution in [-0.4, -0.2) is 35.1 Å². The van der Waals surface area contributed by atoms with E-state index in [-0.39, 0.29) is 5.91 Å². The molecule has 1 amide bonds. The molecule has 0 spiro atoms. The number of amides is 1. The van der Waals surface area contributed by atoms with Gasteiger partial charge in [0.1, 0.15) is 22.5 Å². The van der Waals surface area contributed by atoms with Crippen molar-refractivity contribution in [2.45, 2.75) is 0 Å². The molecule has 0 radical (unpaired) electrons. The van der Waals surface area contributed by atoms with Gasteiger partial charge in [0.05, 0.1) is 19.9 Å². The molecule has 0 atom stereocenters. The van der Waals surface area contributed by atoms with Crippen LogP contribution in [0, 0.1) is 0 Å². The lowest BCUT2D eigenvalue weighted by Crippen LogP contribution is -2.11. The first-order valence-electron chi connectivity index (χ1n) is 8.63. The van der Waals surface area contributed by atoms with Gasteiger partial charge in [-0.2, -0.15) is 4.80 Å². The van der Waals surface area contributed by atoms with Gasteiger partial charge in [0, 0.05) is 11.3 Å². The number of carbonyl (C=O) groups is 1. The molecule has 0 unspecified atom stereocenters. The molecule has 4 aromatic rings. The number of aromatic nitrogens is 3. The molecule has 1 aromatic heterocycles. The third kappa shape index (κ3) is 3.50. The van der Waals surface area contributed by atoms with Gasteiger partial charge in [-0.05, 0) is 66.7 Å². The summed E-state index contributed by atoms with van der Waals surface area (Å²) in [6.07, 6.45) is 0. The Hall–Kier alpha value is -3.87. The van der Waals surface area contributed by atoms with Gasteiger partial charge >= 0.3 is 0 Å². The number of nitrogens with zero attached hydrogens (tertiary/aromatic N) is 3. The lowest BCUT2D eigenvalue weighted by Gasteiger charge is -2.06. The number of rotatable bonds is 5. The van der Waals surface area contributed by atoms with E-state index >= 15 is 0 Å². The highest BCUT2D eigenvalue weighted by Crippen LogP contribution is 2.20. The van der Waals surface area contributed by atoms with E-state index in [0.717, 1.165) is 17.0 Å². The van der Waals surface area contributed by atoms with Crippen LogP contribution < -0.4 is 14.8 Å². The Labute approximate surface area is 161 Å². The Kier molecular flexibility index (Phi) is 4.63. The fourth-order valence-electron chi connectivity index (χ4n) is 2.77. The van der Waals surface area contributed by atoms with Crippen LogP contribution in [0.1, 0.15) is 10.4 Å². The maximum absolute atomic E-state index is 12.4. The highest BCUT2D eigenvalue weighted by atomic mass is 16.5. The zero-order valence-electron chi connectivity index (χ0n) is 15.4. The van der Waals surface area contributed by atoms with Gasteiger partial charge < -0.3 is 14.8 Å². The summed E-state index contributed by atoms with van der Waals surface area (Å²) in [5.41, 5.74) is 3.43. The van der Waals surface area contributed by atoms with Gasteiger partial charge in [-0.1, -0.05) is 0 Å².